The second-order valence-electron chi connectivity index (χ2n) is 8.63. The Balaban J connectivity index is 1.60. The number of hydrogen-bond donors (Lipinski definition) is 1. The van der Waals surface area contributed by atoms with Gasteiger partial charge in [0, 0.05) is 37.0 Å². The highest BCUT2D eigenvalue weighted by Gasteiger charge is 2.25. The maximum Gasteiger partial charge on any atom is 0.133 e. The van der Waals surface area contributed by atoms with Gasteiger partial charge < -0.3 is 5.11 Å². The van der Waals surface area contributed by atoms with Gasteiger partial charge in [-0.05, 0) is 69.2 Å². The van der Waals surface area contributed by atoms with E-state index in [0.29, 0.717) is 30.3 Å². The van der Waals surface area contributed by atoms with Gasteiger partial charge in [-0.1, -0.05) is 11.6 Å². The third-order valence-corrected chi connectivity index (χ3v) is 5.40. The molecule has 0 unspecified atom stereocenters. The van der Waals surface area contributed by atoms with Gasteiger partial charge in [-0.2, -0.15) is 0 Å². The summed E-state index contributed by atoms with van der Waals surface area (Å²) in [6.45, 7) is 3.62. The molecule has 0 spiro atoms. The van der Waals surface area contributed by atoms with Crippen molar-refractivity contribution in [3.05, 3.63) is 64.8 Å². The van der Waals surface area contributed by atoms with Crippen LogP contribution in [0.15, 0.2) is 36.8 Å². The van der Waals surface area contributed by atoms with Crippen LogP contribution in [-0.4, -0.2) is 35.6 Å². The van der Waals surface area contributed by atoms with E-state index in [0.717, 1.165) is 40.6 Å². The zero-order chi connectivity index (χ0) is 21.1. The molecule has 0 bridgehead atoms. The van der Waals surface area contributed by atoms with Crippen molar-refractivity contribution in [2.24, 2.45) is 5.92 Å². The van der Waals surface area contributed by atoms with E-state index in [4.69, 9.17) is 21.6 Å². The second-order valence-corrected chi connectivity index (χ2v) is 9.02. The highest BCUT2D eigenvalue weighted by Crippen LogP contribution is 2.34. The smallest absolute Gasteiger partial charge is 0.133 e. The van der Waals surface area contributed by atoms with E-state index in [-0.39, 0.29) is 0 Å². The molecular formula is C23H26ClN5O. The van der Waals surface area contributed by atoms with Crippen LogP contribution >= 0.6 is 11.6 Å². The quantitative estimate of drug-likeness (QED) is 0.546. The molecule has 0 aliphatic heterocycles. The fourth-order valence-electron chi connectivity index (χ4n) is 3.33. The SMILES string of the molecule is CC(C)(O)CCc1ncc(-c2ccnc(Cc3ccnc(Cl)c3)n2)c(CC2CC2)n1. The topological polar surface area (TPSA) is 84.7 Å². The standard InChI is InChI=1S/C23H26ClN5O/c1-23(2,30)8-5-21-27-14-17(19(29-21)11-15-3-4-15)18-7-10-26-22(28-18)13-16-6-9-25-20(24)12-16/h6-7,9-10,12,14-15,30H,3-5,8,11,13H2,1-2H3. The van der Waals surface area contributed by atoms with Gasteiger partial charge in [0.15, 0.2) is 0 Å². The van der Waals surface area contributed by atoms with E-state index in [1.165, 1.54) is 12.8 Å². The Bertz CT molecular complexity index is 1030. The summed E-state index contributed by atoms with van der Waals surface area (Å²) in [5.74, 6) is 2.19. The van der Waals surface area contributed by atoms with Crippen LogP contribution in [0.5, 0.6) is 0 Å². The van der Waals surface area contributed by atoms with Crippen LogP contribution < -0.4 is 0 Å². The molecule has 3 aromatic rings. The molecule has 0 saturated heterocycles. The molecule has 1 aliphatic carbocycles. The van der Waals surface area contributed by atoms with Crippen LogP contribution in [-0.2, 0) is 19.3 Å². The molecule has 0 aromatic carbocycles. The number of hydrogen-bond acceptors (Lipinski definition) is 6. The Hall–Kier alpha value is -2.44. The van der Waals surface area contributed by atoms with Gasteiger partial charge in [-0.15, -0.1) is 0 Å². The second kappa shape index (κ2) is 8.74. The molecule has 7 heteroatoms. The van der Waals surface area contributed by atoms with Gasteiger partial charge in [-0.25, -0.2) is 24.9 Å². The van der Waals surface area contributed by atoms with Crippen molar-refractivity contribution in [3.63, 3.8) is 0 Å². The molecule has 0 radical (unpaired) electrons. The van der Waals surface area contributed by atoms with Gasteiger partial charge in [-0.3, -0.25) is 0 Å². The van der Waals surface area contributed by atoms with Crippen molar-refractivity contribution < 1.29 is 5.11 Å². The first-order chi connectivity index (χ1) is 14.4. The molecule has 3 heterocycles. The van der Waals surface area contributed by atoms with Crippen LogP contribution in [0, 0.1) is 5.92 Å². The molecule has 1 aliphatic rings. The molecule has 4 rings (SSSR count). The first-order valence-corrected chi connectivity index (χ1v) is 10.7. The lowest BCUT2D eigenvalue weighted by molar-refractivity contribution is 0.0708. The van der Waals surface area contributed by atoms with Crippen molar-refractivity contribution in [1.29, 1.82) is 0 Å². The molecule has 1 fully saturated rings. The van der Waals surface area contributed by atoms with Crippen molar-refractivity contribution in [3.8, 4) is 11.3 Å². The van der Waals surface area contributed by atoms with E-state index in [1.54, 1.807) is 12.4 Å². The minimum absolute atomic E-state index is 0.463. The number of halogens is 1. The minimum Gasteiger partial charge on any atom is -0.390 e. The summed E-state index contributed by atoms with van der Waals surface area (Å²) in [5.41, 5.74) is 3.13. The van der Waals surface area contributed by atoms with Crippen LogP contribution in [0.25, 0.3) is 11.3 Å². The molecule has 0 amide bonds. The van der Waals surface area contributed by atoms with Crippen molar-refractivity contribution in [2.45, 2.75) is 58.0 Å². The lowest BCUT2D eigenvalue weighted by atomic mass is 10.0. The summed E-state index contributed by atoms with van der Waals surface area (Å²) in [5, 5.41) is 10.5. The van der Waals surface area contributed by atoms with Crippen LogP contribution in [0.3, 0.4) is 0 Å². The number of aliphatic hydroxyl groups is 1. The Morgan fingerprint density at radius 3 is 2.60 bits per heavy atom. The summed E-state index contributed by atoms with van der Waals surface area (Å²) in [6.07, 6.45) is 10.6. The third-order valence-electron chi connectivity index (χ3n) is 5.19. The molecule has 156 valence electrons. The van der Waals surface area contributed by atoms with Gasteiger partial charge in [0.2, 0.25) is 0 Å². The van der Waals surface area contributed by atoms with Crippen LogP contribution in [0.4, 0.5) is 0 Å². The minimum atomic E-state index is -0.726. The average Bonchev–Trinajstić information content (AvgIpc) is 3.50. The third kappa shape index (κ3) is 5.80. The summed E-state index contributed by atoms with van der Waals surface area (Å²) >= 11 is 6.00. The molecular weight excluding hydrogens is 398 g/mol. The van der Waals surface area contributed by atoms with E-state index in [9.17, 15) is 5.11 Å². The first-order valence-electron chi connectivity index (χ1n) is 10.4. The Kier molecular flexibility index (Phi) is 6.06. The summed E-state index contributed by atoms with van der Waals surface area (Å²) in [6, 6.07) is 5.66. The summed E-state index contributed by atoms with van der Waals surface area (Å²) < 4.78 is 0. The van der Waals surface area contributed by atoms with Gasteiger partial charge in [0.25, 0.3) is 0 Å². The number of nitrogens with zero attached hydrogens (tertiary/aromatic N) is 5. The molecule has 3 aromatic heterocycles. The van der Waals surface area contributed by atoms with E-state index >= 15 is 0 Å². The normalized spacial score (nSPS) is 14.1. The number of rotatable bonds is 8. The average molecular weight is 424 g/mol. The predicted octanol–water partition coefficient (Wildman–Crippen LogP) is 4.23. The monoisotopic (exact) mass is 423 g/mol. The van der Waals surface area contributed by atoms with E-state index in [1.807, 2.05) is 38.2 Å². The highest BCUT2D eigenvalue weighted by molar-refractivity contribution is 6.29. The largest absolute Gasteiger partial charge is 0.390 e. The fraction of sp³-hybridized carbons (Fsp3) is 0.435. The molecule has 0 atom stereocenters. The molecule has 6 nitrogen and oxygen atoms in total. The molecule has 1 saturated carbocycles. The number of aryl methyl sites for hydroxylation is 1. The fourth-order valence-corrected chi connectivity index (χ4v) is 3.53. The molecule has 30 heavy (non-hydrogen) atoms. The van der Waals surface area contributed by atoms with E-state index < -0.39 is 5.60 Å². The number of pyridine rings is 1. The highest BCUT2D eigenvalue weighted by atomic mass is 35.5. The van der Waals surface area contributed by atoms with Crippen molar-refractivity contribution in [2.75, 3.05) is 0 Å². The number of aromatic nitrogens is 5. The zero-order valence-electron chi connectivity index (χ0n) is 17.3. The van der Waals surface area contributed by atoms with Gasteiger partial charge in [0.05, 0.1) is 17.0 Å². The maximum absolute atomic E-state index is 10.0. The van der Waals surface area contributed by atoms with Crippen LogP contribution in [0.2, 0.25) is 5.15 Å². The Morgan fingerprint density at radius 1 is 1.07 bits per heavy atom. The summed E-state index contributed by atoms with van der Waals surface area (Å²) in [7, 11) is 0. The van der Waals surface area contributed by atoms with Gasteiger partial charge >= 0.3 is 0 Å². The van der Waals surface area contributed by atoms with Crippen LogP contribution in [0.1, 0.15) is 56.0 Å². The Morgan fingerprint density at radius 2 is 1.87 bits per heavy atom. The zero-order valence-corrected chi connectivity index (χ0v) is 18.1. The lowest BCUT2D eigenvalue weighted by Crippen LogP contribution is -2.20. The Labute approximate surface area is 181 Å². The van der Waals surface area contributed by atoms with E-state index in [2.05, 4.69) is 15.0 Å². The predicted molar refractivity (Wildman–Crippen MR) is 116 cm³/mol. The first kappa shape index (κ1) is 20.8. The molecule has 1 N–H and O–H groups in total. The van der Waals surface area contributed by atoms with Crippen molar-refractivity contribution in [1.82, 2.24) is 24.9 Å². The van der Waals surface area contributed by atoms with Crippen molar-refractivity contribution >= 4 is 11.6 Å². The lowest BCUT2D eigenvalue weighted by Gasteiger charge is -2.16. The maximum atomic E-state index is 10.0. The van der Waals surface area contributed by atoms with Gasteiger partial charge in [0.1, 0.15) is 16.8 Å². The summed E-state index contributed by atoms with van der Waals surface area (Å²) in [4.78, 5) is 22.6.